The maximum absolute atomic E-state index is 13.9. The van der Waals surface area contributed by atoms with Crippen LogP contribution >= 0.6 is 0 Å². The summed E-state index contributed by atoms with van der Waals surface area (Å²) in [6.45, 7) is 3.01. The molecular weight excluding hydrogens is 414 g/mol. The highest BCUT2D eigenvalue weighted by Crippen LogP contribution is 2.45. The molecule has 0 spiro atoms. The molecule has 3 fully saturated rings. The molecule has 1 aliphatic carbocycles. The van der Waals surface area contributed by atoms with Crippen molar-refractivity contribution >= 4 is 16.8 Å². The Balaban J connectivity index is 1.37. The van der Waals surface area contributed by atoms with Crippen LogP contribution in [0.5, 0.6) is 5.75 Å². The molecule has 2 aromatic rings. The van der Waals surface area contributed by atoms with Crippen molar-refractivity contribution in [3.8, 4) is 5.75 Å². The first-order chi connectivity index (χ1) is 16.0. The lowest BCUT2D eigenvalue weighted by Crippen LogP contribution is -2.60. The van der Waals surface area contributed by atoms with Gasteiger partial charge in [-0.2, -0.15) is 0 Å². The molecule has 33 heavy (non-hydrogen) atoms. The van der Waals surface area contributed by atoms with Gasteiger partial charge in [-0.1, -0.05) is 18.1 Å². The number of carbonyl (C=O) groups is 1. The minimum Gasteiger partial charge on any atom is -0.497 e. The van der Waals surface area contributed by atoms with Crippen LogP contribution < -0.4 is 10.2 Å². The summed E-state index contributed by atoms with van der Waals surface area (Å²) in [5, 5.41) is 0.564. The van der Waals surface area contributed by atoms with Crippen LogP contribution in [-0.4, -0.2) is 59.1 Å². The molecule has 1 aromatic carbocycles. The number of rotatable bonds is 2. The lowest BCUT2D eigenvalue weighted by Gasteiger charge is -2.54. The SMILES string of the molecule is COc1ccc2c(=O)c(C(=O)N3CCCC4=CC5CC(CN6CCCC[C@H]56)[C@@H]43)cn(C)c2c1. The van der Waals surface area contributed by atoms with Crippen LogP contribution in [0.4, 0.5) is 0 Å². The number of aryl methyl sites for hydroxylation is 1. The lowest BCUT2D eigenvalue weighted by atomic mass is 9.68. The van der Waals surface area contributed by atoms with Gasteiger partial charge in [-0.05, 0) is 62.6 Å². The summed E-state index contributed by atoms with van der Waals surface area (Å²) in [6.07, 6.45) is 11.4. The van der Waals surface area contributed by atoms with E-state index >= 15 is 0 Å². The molecule has 3 saturated heterocycles. The maximum Gasteiger partial charge on any atom is 0.259 e. The molecule has 0 N–H and O–H groups in total. The van der Waals surface area contributed by atoms with Crippen molar-refractivity contribution in [3.63, 3.8) is 0 Å². The van der Waals surface area contributed by atoms with Crippen molar-refractivity contribution in [1.82, 2.24) is 14.4 Å². The Morgan fingerprint density at radius 2 is 2.03 bits per heavy atom. The van der Waals surface area contributed by atoms with Crippen molar-refractivity contribution in [2.75, 3.05) is 26.7 Å². The zero-order valence-electron chi connectivity index (χ0n) is 19.6. The molecule has 6 heteroatoms. The van der Waals surface area contributed by atoms with Crippen molar-refractivity contribution in [1.29, 1.82) is 0 Å². The Bertz CT molecular complexity index is 1200. The average Bonchev–Trinajstić information content (AvgIpc) is 2.85. The zero-order chi connectivity index (χ0) is 22.7. The highest BCUT2D eigenvalue weighted by molar-refractivity contribution is 5.98. The van der Waals surface area contributed by atoms with E-state index in [-0.39, 0.29) is 22.9 Å². The van der Waals surface area contributed by atoms with E-state index in [2.05, 4.69) is 11.0 Å². The summed E-state index contributed by atoms with van der Waals surface area (Å²) in [5.41, 5.74) is 2.33. The quantitative estimate of drug-likeness (QED) is 0.661. The van der Waals surface area contributed by atoms with Crippen LogP contribution in [0.15, 0.2) is 40.8 Å². The smallest absolute Gasteiger partial charge is 0.259 e. The standard InChI is InChI=1S/C27H33N3O3/c1-28-16-22(26(31)21-9-8-20(33-2)14-24(21)28)27(32)30-11-5-6-17-12-18-13-19(25(17)30)15-29-10-4-3-7-23(18)29/h8-9,12,14,16,18-19,23,25H,3-7,10-11,13,15H2,1-2H3/t18?,19?,23-,25-/m1/s1. The number of hydrogen-bond acceptors (Lipinski definition) is 4. The predicted molar refractivity (Wildman–Crippen MR) is 129 cm³/mol. The summed E-state index contributed by atoms with van der Waals surface area (Å²) in [6, 6.07) is 6.25. The third-order valence-corrected chi connectivity index (χ3v) is 8.55. The van der Waals surface area contributed by atoms with Crippen LogP contribution in [-0.2, 0) is 7.05 Å². The van der Waals surface area contributed by atoms with Crippen LogP contribution in [0.3, 0.4) is 0 Å². The largest absolute Gasteiger partial charge is 0.497 e. The van der Waals surface area contributed by atoms with E-state index in [0.717, 1.165) is 31.4 Å². The first-order valence-corrected chi connectivity index (χ1v) is 12.5. The van der Waals surface area contributed by atoms with Gasteiger partial charge in [0.1, 0.15) is 11.3 Å². The molecule has 0 radical (unpaired) electrons. The number of fused-ring (bicyclic) bond motifs is 7. The number of pyridine rings is 1. The Labute approximate surface area is 194 Å². The number of methoxy groups -OCH3 is 1. The van der Waals surface area contributed by atoms with Gasteiger partial charge >= 0.3 is 0 Å². The molecule has 4 atom stereocenters. The molecule has 174 valence electrons. The number of benzene rings is 1. The lowest BCUT2D eigenvalue weighted by molar-refractivity contribution is 0.00142. The second-order valence-corrected chi connectivity index (χ2v) is 10.4. The van der Waals surface area contributed by atoms with E-state index in [9.17, 15) is 9.59 Å². The molecule has 6 rings (SSSR count). The fourth-order valence-electron chi connectivity index (χ4n) is 7.10. The van der Waals surface area contributed by atoms with E-state index in [0.29, 0.717) is 29.0 Å². The van der Waals surface area contributed by atoms with E-state index in [1.807, 2.05) is 22.6 Å². The number of amides is 1. The van der Waals surface area contributed by atoms with E-state index in [4.69, 9.17) is 4.74 Å². The van der Waals surface area contributed by atoms with E-state index in [1.54, 1.807) is 25.4 Å². The molecule has 1 aromatic heterocycles. The minimum absolute atomic E-state index is 0.108. The van der Waals surface area contributed by atoms with Crippen molar-refractivity contribution in [3.05, 3.63) is 51.8 Å². The van der Waals surface area contributed by atoms with E-state index in [1.165, 1.54) is 37.8 Å². The summed E-state index contributed by atoms with van der Waals surface area (Å²) in [7, 11) is 3.51. The fraction of sp³-hybridized carbons (Fsp3) is 0.556. The number of carbonyl (C=O) groups excluding carboxylic acids is 1. The van der Waals surface area contributed by atoms with Crippen molar-refractivity contribution in [2.45, 2.75) is 50.6 Å². The molecule has 4 heterocycles. The number of aromatic nitrogens is 1. The first kappa shape index (κ1) is 21.0. The van der Waals surface area contributed by atoms with Gasteiger partial charge in [-0.15, -0.1) is 0 Å². The Morgan fingerprint density at radius 3 is 2.88 bits per heavy atom. The zero-order valence-corrected chi connectivity index (χ0v) is 19.6. The highest BCUT2D eigenvalue weighted by atomic mass is 16.5. The van der Waals surface area contributed by atoms with Crippen LogP contribution in [0.25, 0.3) is 10.9 Å². The van der Waals surface area contributed by atoms with Gasteiger partial charge < -0.3 is 14.2 Å². The van der Waals surface area contributed by atoms with Gasteiger partial charge in [0.05, 0.1) is 18.7 Å². The second-order valence-electron chi connectivity index (χ2n) is 10.4. The van der Waals surface area contributed by atoms with Crippen molar-refractivity contribution in [2.24, 2.45) is 18.9 Å². The molecule has 4 aliphatic rings. The van der Waals surface area contributed by atoms with Crippen LogP contribution in [0.1, 0.15) is 48.9 Å². The molecule has 6 nitrogen and oxygen atoms in total. The third-order valence-electron chi connectivity index (χ3n) is 8.55. The van der Waals surface area contributed by atoms with Gasteiger partial charge in [0, 0.05) is 43.8 Å². The fourth-order valence-corrected chi connectivity index (χ4v) is 7.10. The molecule has 2 unspecified atom stereocenters. The number of piperidine rings is 3. The summed E-state index contributed by atoms with van der Waals surface area (Å²) in [5.74, 6) is 1.70. The summed E-state index contributed by atoms with van der Waals surface area (Å²) < 4.78 is 7.20. The number of hydrogen-bond donors (Lipinski definition) is 0. The highest BCUT2D eigenvalue weighted by Gasteiger charge is 2.47. The number of ether oxygens (including phenoxy) is 1. The summed E-state index contributed by atoms with van der Waals surface area (Å²) in [4.78, 5) is 32.0. The van der Waals surface area contributed by atoms with Crippen LogP contribution in [0.2, 0.25) is 0 Å². The Kier molecular flexibility index (Phi) is 5.09. The number of likely N-dealkylation sites (tertiary alicyclic amines) is 1. The number of nitrogens with zero attached hydrogens (tertiary/aromatic N) is 3. The summed E-state index contributed by atoms with van der Waals surface area (Å²) >= 11 is 0. The topological polar surface area (TPSA) is 54.8 Å². The van der Waals surface area contributed by atoms with Gasteiger partial charge in [-0.3, -0.25) is 14.5 Å². The van der Waals surface area contributed by atoms with Crippen molar-refractivity contribution < 1.29 is 9.53 Å². The normalized spacial score (nSPS) is 29.3. The minimum atomic E-state index is -0.180. The van der Waals surface area contributed by atoms with Gasteiger partial charge in [0.2, 0.25) is 5.43 Å². The van der Waals surface area contributed by atoms with Gasteiger partial charge in [0.25, 0.3) is 5.91 Å². The Morgan fingerprint density at radius 1 is 1.15 bits per heavy atom. The van der Waals surface area contributed by atoms with Gasteiger partial charge in [-0.25, -0.2) is 0 Å². The maximum atomic E-state index is 13.9. The van der Waals surface area contributed by atoms with Crippen LogP contribution in [0, 0.1) is 11.8 Å². The molecular formula is C27H33N3O3. The molecule has 1 amide bonds. The van der Waals surface area contributed by atoms with E-state index < -0.39 is 0 Å². The monoisotopic (exact) mass is 447 g/mol. The molecule has 2 bridgehead atoms. The average molecular weight is 448 g/mol. The second kappa shape index (κ2) is 8.01. The third kappa shape index (κ3) is 3.33. The first-order valence-electron chi connectivity index (χ1n) is 12.5. The molecule has 0 saturated carbocycles. The Hall–Kier alpha value is -2.60. The van der Waals surface area contributed by atoms with Gasteiger partial charge in [0.15, 0.2) is 0 Å². The predicted octanol–water partition coefficient (Wildman–Crippen LogP) is 3.58. The molecule has 3 aliphatic heterocycles.